The molecule has 3 aromatic heterocycles. The average Bonchev–Trinajstić information content (AvgIpc) is 4.13. The smallest absolute Gasteiger partial charge is 0.246 e. The molecule has 7 atom stereocenters. The molecule has 1 unspecified atom stereocenters. The van der Waals surface area contributed by atoms with E-state index in [2.05, 4.69) is 46.9 Å². The second-order valence-electron chi connectivity index (χ2n) is 21.2. The first-order chi connectivity index (χ1) is 39.6. The van der Waals surface area contributed by atoms with Crippen molar-refractivity contribution in [2.24, 2.45) is 5.92 Å². The molecule has 6 heterocycles. The van der Waals surface area contributed by atoms with E-state index in [4.69, 9.17) is 9.47 Å². The third-order valence-corrected chi connectivity index (χ3v) is 15.4. The molecule has 3 aliphatic heterocycles. The molecular formula is C63H68N10O8. The number of nitrogens with one attached hydrogen (secondary N) is 7. The number of ether oxygens (including phenoxy) is 2. The molecule has 0 aliphatic carbocycles. The lowest BCUT2D eigenvalue weighted by Gasteiger charge is -2.32. The van der Waals surface area contributed by atoms with Gasteiger partial charge in [0, 0.05) is 67.6 Å². The highest BCUT2D eigenvalue weighted by Crippen LogP contribution is 2.27. The number of benzene rings is 4. The Bertz CT molecular complexity index is 3240. The first-order valence-corrected chi connectivity index (χ1v) is 27.9. The van der Waals surface area contributed by atoms with Gasteiger partial charge < -0.3 is 51.3 Å². The lowest BCUT2D eigenvalue weighted by Crippen LogP contribution is -2.62. The van der Waals surface area contributed by atoms with Crippen molar-refractivity contribution in [3.8, 4) is 11.5 Å². The first-order valence-electron chi connectivity index (χ1n) is 27.9. The van der Waals surface area contributed by atoms with Crippen molar-refractivity contribution in [3.63, 3.8) is 0 Å². The van der Waals surface area contributed by atoms with E-state index in [1.54, 1.807) is 67.4 Å². The molecule has 3 saturated heterocycles. The Morgan fingerprint density at radius 3 is 1.88 bits per heavy atom. The highest BCUT2D eigenvalue weighted by Gasteiger charge is 2.45. The van der Waals surface area contributed by atoms with E-state index in [1.807, 2.05) is 97.1 Å². The number of fused-ring (bicyclic) bond motifs is 2. The van der Waals surface area contributed by atoms with Gasteiger partial charge in [0.25, 0.3) is 0 Å². The predicted octanol–water partition coefficient (Wildman–Crippen LogP) is 5.07. The van der Waals surface area contributed by atoms with Crippen LogP contribution in [0.15, 0.2) is 164 Å². The SMILES string of the molecule is O=C1N[C@@H](Cc2ccc(OCc3ccccc3)cc2)C(=O)N[C@@H](Cc2cccnc2)C(=O)N2C[C@H](Oc3ccncc3)C[C@H]2C(=O)N[C@H](CCc2ccccc2)C(=O)N[C@H](Cc2c[nH]c3ccccc23)C(=O)NC1CC1CCNCC1. The van der Waals surface area contributed by atoms with Gasteiger partial charge in [0.2, 0.25) is 35.4 Å². The molecule has 10 rings (SSSR count). The number of nitrogens with zero attached hydrogens (tertiary/aromatic N) is 3. The van der Waals surface area contributed by atoms with Gasteiger partial charge in [-0.05, 0) is 115 Å². The number of piperidine rings is 1. The second kappa shape index (κ2) is 26.8. The second-order valence-corrected chi connectivity index (χ2v) is 21.2. The number of H-pyrrole nitrogens is 1. The van der Waals surface area contributed by atoms with Crippen LogP contribution in [0.25, 0.3) is 10.9 Å². The molecule has 3 fully saturated rings. The van der Waals surface area contributed by atoms with Crippen molar-refractivity contribution in [2.45, 2.75) is 107 Å². The minimum Gasteiger partial charge on any atom is -0.489 e. The Balaban J connectivity index is 1.03. The molecule has 0 spiro atoms. The van der Waals surface area contributed by atoms with Crippen molar-refractivity contribution in [1.29, 1.82) is 0 Å². The van der Waals surface area contributed by atoms with Crippen molar-refractivity contribution < 1.29 is 38.2 Å². The molecule has 418 valence electrons. The van der Waals surface area contributed by atoms with Gasteiger partial charge in [-0.2, -0.15) is 0 Å². The van der Waals surface area contributed by atoms with Crippen LogP contribution in [0.3, 0.4) is 0 Å². The minimum atomic E-state index is -1.28. The third kappa shape index (κ3) is 14.9. The van der Waals surface area contributed by atoms with Gasteiger partial charge in [-0.1, -0.05) is 97.1 Å². The molecule has 0 saturated carbocycles. The summed E-state index contributed by atoms with van der Waals surface area (Å²) < 4.78 is 12.5. The maximum atomic E-state index is 15.5. The van der Waals surface area contributed by atoms with Crippen LogP contribution in [0.4, 0.5) is 0 Å². The fraction of sp³-hybridized carbons (Fsp3) is 0.333. The van der Waals surface area contributed by atoms with Gasteiger partial charge in [0.05, 0.1) is 6.54 Å². The number of pyridine rings is 2. The Kier molecular flexibility index (Phi) is 18.4. The van der Waals surface area contributed by atoms with Crippen molar-refractivity contribution in [3.05, 3.63) is 192 Å². The summed E-state index contributed by atoms with van der Waals surface area (Å²) >= 11 is 0. The fourth-order valence-electron chi connectivity index (χ4n) is 11.0. The monoisotopic (exact) mass is 1090 g/mol. The summed E-state index contributed by atoms with van der Waals surface area (Å²) in [6.07, 6.45) is 9.72. The highest BCUT2D eigenvalue weighted by molar-refractivity contribution is 5.99. The summed E-state index contributed by atoms with van der Waals surface area (Å²) in [5.41, 5.74) is 4.78. The van der Waals surface area contributed by atoms with Gasteiger partial charge in [-0.15, -0.1) is 0 Å². The molecule has 4 aromatic carbocycles. The zero-order valence-corrected chi connectivity index (χ0v) is 45.0. The minimum absolute atomic E-state index is 0.0153. The Morgan fingerprint density at radius 1 is 0.531 bits per heavy atom. The number of hydrogen-bond acceptors (Lipinski definition) is 11. The number of rotatable bonds is 16. The van der Waals surface area contributed by atoms with Crippen LogP contribution in [0, 0.1) is 5.92 Å². The van der Waals surface area contributed by atoms with Crippen LogP contribution >= 0.6 is 0 Å². The largest absolute Gasteiger partial charge is 0.489 e. The van der Waals surface area contributed by atoms with E-state index >= 15 is 28.8 Å². The van der Waals surface area contributed by atoms with Crippen LogP contribution in [0.1, 0.15) is 59.9 Å². The van der Waals surface area contributed by atoms with Crippen LogP contribution in [0.5, 0.6) is 11.5 Å². The van der Waals surface area contributed by atoms with E-state index in [0.717, 1.165) is 53.5 Å². The van der Waals surface area contributed by atoms with Crippen molar-refractivity contribution >= 4 is 46.3 Å². The lowest BCUT2D eigenvalue weighted by molar-refractivity contribution is -0.143. The molecule has 6 amide bonds. The van der Waals surface area contributed by atoms with Crippen LogP contribution < -0.4 is 41.4 Å². The van der Waals surface area contributed by atoms with E-state index in [9.17, 15) is 0 Å². The lowest BCUT2D eigenvalue weighted by atomic mass is 9.90. The molecule has 0 radical (unpaired) electrons. The van der Waals surface area contributed by atoms with Gasteiger partial charge >= 0.3 is 0 Å². The third-order valence-electron chi connectivity index (χ3n) is 15.4. The number of aromatic nitrogens is 3. The summed E-state index contributed by atoms with van der Waals surface area (Å²) in [7, 11) is 0. The molecule has 0 bridgehead atoms. The van der Waals surface area contributed by atoms with Crippen molar-refractivity contribution in [2.75, 3.05) is 19.6 Å². The van der Waals surface area contributed by atoms with E-state index in [0.29, 0.717) is 35.7 Å². The van der Waals surface area contributed by atoms with E-state index in [1.165, 1.54) is 4.90 Å². The number of para-hydroxylation sites is 1. The number of carbonyl (C=O) groups excluding carboxylic acids is 6. The van der Waals surface area contributed by atoms with E-state index < -0.39 is 77.8 Å². The van der Waals surface area contributed by atoms with Crippen LogP contribution in [-0.2, 0) is 61.1 Å². The Labute approximate surface area is 470 Å². The van der Waals surface area contributed by atoms with Crippen LogP contribution in [-0.4, -0.2) is 117 Å². The molecule has 81 heavy (non-hydrogen) atoms. The zero-order valence-electron chi connectivity index (χ0n) is 45.0. The quantitative estimate of drug-likeness (QED) is 0.0675. The van der Waals surface area contributed by atoms with Crippen molar-refractivity contribution in [1.82, 2.24) is 51.8 Å². The summed E-state index contributed by atoms with van der Waals surface area (Å²) in [5, 5.41) is 19.4. The van der Waals surface area contributed by atoms with Gasteiger partial charge in [-0.3, -0.25) is 38.7 Å². The fourth-order valence-corrected chi connectivity index (χ4v) is 11.0. The normalized spacial score (nSPS) is 22.5. The number of aromatic amines is 1. The Morgan fingerprint density at radius 2 is 1.15 bits per heavy atom. The van der Waals surface area contributed by atoms with Gasteiger partial charge in [0.15, 0.2) is 0 Å². The topological polar surface area (TPSA) is 238 Å². The molecule has 7 aromatic rings. The summed E-state index contributed by atoms with van der Waals surface area (Å²) in [6.45, 7) is 1.73. The first kappa shape index (κ1) is 55.4. The van der Waals surface area contributed by atoms with Gasteiger partial charge in [-0.25, -0.2) is 0 Å². The number of carbonyl (C=O) groups is 6. The molecule has 7 N–H and O–H groups in total. The Hall–Kier alpha value is -8.90. The number of amides is 6. The van der Waals surface area contributed by atoms with Crippen LogP contribution in [0.2, 0.25) is 0 Å². The van der Waals surface area contributed by atoms with E-state index in [-0.39, 0.29) is 51.0 Å². The predicted molar refractivity (Wildman–Crippen MR) is 304 cm³/mol. The highest BCUT2D eigenvalue weighted by atomic mass is 16.5. The maximum absolute atomic E-state index is 15.5. The zero-order chi connectivity index (χ0) is 55.9. The molecule has 3 aliphatic rings. The number of hydrogen-bond donors (Lipinski definition) is 7. The molecule has 18 nitrogen and oxygen atoms in total. The summed E-state index contributed by atoms with van der Waals surface area (Å²) in [5.74, 6) is -2.63. The standard InChI is InChI=1S/C63H68N10O8/c74-58-52(22-19-41-10-3-1-4-11-41)68-62(78)57-36-49(81-48-25-30-65-31-26-48)39-73(57)63(79)56(34-45-14-9-27-66-37-45)72-60(76)53(32-42-17-20-47(21-18-42)80-40-44-12-5-2-6-13-44)69-59(75)54(33-43-23-28-64-29-24-43)70-61(77)55(71-58)35-46-38-67-51-16-8-7-15-50(46)51/h1-18,20-21,25-27,30-31,37-38,43,49,52-57,64,67H,19,22-24,28-29,32-36,39-40H2,(H,68,78)(H,69,75)(H,70,77)(H,71,74)(H,72,76)/t49-,52-,53+,54?,55-,56+,57+/m1/s1. The van der Waals surface area contributed by atoms with Gasteiger partial charge in [0.1, 0.15) is 60.5 Å². The summed E-state index contributed by atoms with van der Waals surface area (Å²) in [6, 6.07) is 33.7. The molecule has 18 heteroatoms. The number of aryl methyl sites for hydroxylation is 1. The maximum Gasteiger partial charge on any atom is 0.246 e. The average molecular weight is 1090 g/mol. The summed E-state index contributed by atoms with van der Waals surface area (Å²) in [4.78, 5) is 105. The molecular weight excluding hydrogens is 1020 g/mol.